The first-order valence-electron chi connectivity index (χ1n) is 14.5. The topological polar surface area (TPSA) is 0 Å². The largest absolute Gasteiger partial charge is 0.0622 e. The van der Waals surface area contributed by atoms with Gasteiger partial charge in [-0.05, 0) is 89.0 Å². The second-order valence-electron chi connectivity index (χ2n) is 10.9. The van der Waals surface area contributed by atoms with Gasteiger partial charge in [0.05, 0.1) is 0 Å². The van der Waals surface area contributed by atoms with Gasteiger partial charge in [0.2, 0.25) is 0 Å². The van der Waals surface area contributed by atoms with Gasteiger partial charge in [-0.2, -0.15) is 0 Å². The molecule has 0 spiro atoms. The summed E-state index contributed by atoms with van der Waals surface area (Å²) in [5.41, 5.74) is 10.0. The van der Waals surface area contributed by atoms with Crippen molar-refractivity contribution in [3.05, 3.63) is 170 Å². The van der Waals surface area contributed by atoms with Crippen molar-refractivity contribution in [2.24, 2.45) is 0 Å². The van der Waals surface area contributed by atoms with E-state index in [1.807, 2.05) is 0 Å². The fraction of sp³-hybridized carbons (Fsp3) is 0. The molecule has 0 N–H and O–H groups in total. The van der Waals surface area contributed by atoms with E-state index in [9.17, 15) is 0 Å². The van der Waals surface area contributed by atoms with Crippen LogP contribution in [0.2, 0.25) is 0 Å². The Morgan fingerprint density at radius 3 is 1.02 bits per heavy atom. The van der Waals surface area contributed by atoms with Crippen LogP contribution in [0.4, 0.5) is 0 Å². The molecule has 0 atom stereocenters. The summed E-state index contributed by atoms with van der Waals surface area (Å²) in [7, 11) is 0. The van der Waals surface area contributed by atoms with Gasteiger partial charge in [0.1, 0.15) is 0 Å². The average Bonchev–Trinajstić information content (AvgIpc) is 3.07. The molecule has 196 valence electrons. The molecule has 0 aliphatic heterocycles. The average molecular weight is 533 g/mol. The Morgan fingerprint density at radius 1 is 0.214 bits per heavy atom. The standard InChI is InChI=1S/C42H28/c1-3-11-29(12-4-1)34-25-21-31-22-26-35(28-36(31)27-34)30-19-23-33(24-20-30)42-39-17-9-7-15-37(39)41(32-13-5-2-6-14-32)38-16-8-10-18-40(38)42/h1-28H. The Balaban J connectivity index is 1.25. The molecule has 0 amide bonds. The number of fused-ring (bicyclic) bond motifs is 3. The van der Waals surface area contributed by atoms with Crippen LogP contribution in [0.1, 0.15) is 0 Å². The number of benzene rings is 8. The Labute approximate surface area is 246 Å². The lowest BCUT2D eigenvalue weighted by Gasteiger charge is -2.18. The molecule has 0 bridgehead atoms. The van der Waals surface area contributed by atoms with Crippen LogP contribution in [0.25, 0.3) is 76.8 Å². The highest BCUT2D eigenvalue weighted by Crippen LogP contribution is 2.43. The summed E-state index contributed by atoms with van der Waals surface area (Å²) in [5.74, 6) is 0. The quantitative estimate of drug-likeness (QED) is 0.198. The van der Waals surface area contributed by atoms with E-state index in [1.54, 1.807) is 0 Å². The molecule has 0 nitrogen and oxygen atoms in total. The van der Waals surface area contributed by atoms with Crippen molar-refractivity contribution in [3.63, 3.8) is 0 Å². The minimum atomic E-state index is 1.22. The first-order chi connectivity index (χ1) is 20.8. The molecule has 0 aromatic heterocycles. The van der Waals surface area contributed by atoms with Gasteiger partial charge in [-0.3, -0.25) is 0 Å². The maximum Gasteiger partial charge on any atom is -0.00264 e. The van der Waals surface area contributed by atoms with E-state index in [4.69, 9.17) is 0 Å². The smallest absolute Gasteiger partial charge is 0.00264 e. The highest BCUT2D eigenvalue weighted by molar-refractivity contribution is 6.21. The van der Waals surface area contributed by atoms with E-state index in [2.05, 4.69) is 170 Å². The third-order valence-corrected chi connectivity index (χ3v) is 8.45. The second-order valence-corrected chi connectivity index (χ2v) is 10.9. The van der Waals surface area contributed by atoms with Gasteiger partial charge in [0.25, 0.3) is 0 Å². The summed E-state index contributed by atoms with van der Waals surface area (Å²) in [6, 6.07) is 61.7. The molecule has 0 fully saturated rings. The Kier molecular flexibility index (Phi) is 5.90. The third-order valence-electron chi connectivity index (χ3n) is 8.45. The molecular formula is C42H28. The molecule has 0 saturated carbocycles. The van der Waals surface area contributed by atoms with Crippen LogP contribution in [-0.2, 0) is 0 Å². The van der Waals surface area contributed by atoms with Crippen LogP contribution < -0.4 is 0 Å². The maximum absolute atomic E-state index is 2.32. The summed E-state index contributed by atoms with van der Waals surface area (Å²) < 4.78 is 0. The molecule has 0 saturated heterocycles. The van der Waals surface area contributed by atoms with Crippen molar-refractivity contribution >= 4 is 32.3 Å². The lowest BCUT2D eigenvalue weighted by atomic mass is 9.85. The minimum Gasteiger partial charge on any atom is -0.0622 e. The summed E-state index contributed by atoms with van der Waals surface area (Å²) >= 11 is 0. The molecule has 8 rings (SSSR count). The van der Waals surface area contributed by atoms with Gasteiger partial charge >= 0.3 is 0 Å². The summed E-state index contributed by atoms with van der Waals surface area (Å²) in [5, 5.41) is 7.64. The zero-order valence-electron chi connectivity index (χ0n) is 23.2. The molecule has 42 heavy (non-hydrogen) atoms. The predicted molar refractivity (Wildman–Crippen MR) is 181 cm³/mol. The van der Waals surface area contributed by atoms with E-state index < -0.39 is 0 Å². The highest BCUT2D eigenvalue weighted by atomic mass is 14.2. The third kappa shape index (κ3) is 4.17. The Bertz CT molecular complexity index is 2150. The van der Waals surface area contributed by atoms with Crippen LogP contribution in [-0.4, -0.2) is 0 Å². The fourth-order valence-electron chi connectivity index (χ4n) is 6.42. The highest BCUT2D eigenvalue weighted by Gasteiger charge is 2.16. The van der Waals surface area contributed by atoms with Crippen LogP contribution in [0.3, 0.4) is 0 Å². The predicted octanol–water partition coefficient (Wildman–Crippen LogP) is 11.8. The van der Waals surface area contributed by atoms with E-state index in [0.717, 1.165) is 0 Å². The van der Waals surface area contributed by atoms with E-state index in [1.165, 1.54) is 76.8 Å². The Hall–Kier alpha value is -5.46. The first-order valence-corrected chi connectivity index (χ1v) is 14.5. The molecule has 8 aromatic carbocycles. The van der Waals surface area contributed by atoms with E-state index >= 15 is 0 Å². The minimum absolute atomic E-state index is 1.22. The molecule has 0 heterocycles. The van der Waals surface area contributed by atoms with Gasteiger partial charge in [-0.1, -0.05) is 158 Å². The normalized spacial score (nSPS) is 11.3. The van der Waals surface area contributed by atoms with Crippen molar-refractivity contribution in [3.8, 4) is 44.5 Å². The molecule has 0 heteroatoms. The van der Waals surface area contributed by atoms with Crippen LogP contribution in [0, 0.1) is 0 Å². The molecule has 0 radical (unpaired) electrons. The second kappa shape index (κ2) is 10.2. The lowest BCUT2D eigenvalue weighted by Crippen LogP contribution is -1.90. The van der Waals surface area contributed by atoms with Crippen LogP contribution in [0.5, 0.6) is 0 Å². The van der Waals surface area contributed by atoms with Crippen molar-refractivity contribution in [2.45, 2.75) is 0 Å². The number of hydrogen-bond donors (Lipinski definition) is 0. The summed E-state index contributed by atoms with van der Waals surface area (Å²) in [6.45, 7) is 0. The zero-order chi connectivity index (χ0) is 27.9. The zero-order valence-corrected chi connectivity index (χ0v) is 23.2. The monoisotopic (exact) mass is 532 g/mol. The van der Waals surface area contributed by atoms with Crippen molar-refractivity contribution in [1.82, 2.24) is 0 Å². The van der Waals surface area contributed by atoms with Gasteiger partial charge in [0, 0.05) is 0 Å². The van der Waals surface area contributed by atoms with Crippen molar-refractivity contribution in [1.29, 1.82) is 0 Å². The molecule has 0 aliphatic rings. The molecular weight excluding hydrogens is 504 g/mol. The van der Waals surface area contributed by atoms with Gasteiger partial charge < -0.3 is 0 Å². The summed E-state index contributed by atoms with van der Waals surface area (Å²) in [4.78, 5) is 0. The molecule has 8 aromatic rings. The number of hydrogen-bond acceptors (Lipinski definition) is 0. The SMILES string of the molecule is c1ccc(-c2ccc3ccc(-c4ccc(-c5c6ccccc6c(-c6ccccc6)c6ccccc56)cc4)cc3c2)cc1. The molecule has 0 aliphatic carbocycles. The van der Waals surface area contributed by atoms with Crippen molar-refractivity contribution < 1.29 is 0 Å². The van der Waals surface area contributed by atoms with E-state index in [-0.39, 0.29) is 0 Å². The fourth-order valence-corrected chi connectivity index (χ4v) is 6.42. The van der Waals surface area contributed by atoms with Gasteiger partial charge in [0.15, 0.2) is 0 Å². The van der Waals surface area contributed by atoms with Crippen molar-refractivity contribution in [2.75, 3.05) is 0 Å². The van der Waals surface area contributed by atoms with Gasteiger partial charge in [-0.25, -0.2) is 0 Å². The van der Waals surface area contributed by atoms with E-state index in [0.29, 0.717) is 0 Å². The van der Waals surface area contributed by atoms with Crippen LogP contribution in [0.15, 0.2) is 170 Å². The first kappa shape index (κ1) is 24.3. The number of rotatable bonds is 4. The maximum atomic E-state index is 2.32. The Morgan fingerprint density at radius 2 is 0.548 bits per heavy atom. The lowest BCUT2D eigenvalue weighted by molar-refractivity contribution is 1.62. The summed E-state index contributed by atoms with van der Waals surface area (Å²) in [6.07, 6.45) is 0. The van der Waals surface area contributed by atoms with Gasteiger partial charge in [-0.15, -0.1) is 0 Å². The van der Waals surface area contributed by atoms with Crippen LogP contribution >= 0.6 is 0 Å². The molecule has 0 unspecified atom stereocenters.